The summed E-state index contributed by atoms with van der Waals surface area (Å²) in [7, 11) is 0. The number of hydrogen-bond acceptors (Lipinski definition) is 2. The van der Waals surface area contributed by atoms with Crippen molar-refractivity contribution in [1.29, 1.82) is 0 Å². The van der Waals surface area contributed by atoms with Gasteiger partial charge < -0.3 is 10.2 Å². The minimum Gasteiger partial charge on any atom is -0.366 e. The van der Waals surface area contributed by atoms with Gasteiger partial charge in [0.2, 0.25) is 0 Å². The number of halogens is 1. The van der Waals surface area contributed by atoms with Crippen molar-refractivity contribution in [3.63, 3.8) is 0 Å². The van der Waals surface area contributed by atoms with Gasteiger partial charge in [-0.25, -0.2) is 4.39 Å². The van der Waals surface area contributed by atoms with Crippen LogP contribution in [0.3, 0.4) is 0 Å². The Morgan fingerprint density at radius 3 is 2.71 bits per heavy atom. The van der Waals surface area contributed by atoms with Gasteiger partial charge in [-0.15, -0.1) is 0 Å². The number of anilines is 1. The van der Waals surface area contributed by atoms with Gasteiger partial charge in [0.25, 0.3) is 0 Å². The van der Waals surface area contributed by atoms with Gasteiger partial charge in [0.1, 0.15) is 5.82 Å². The summed E-state index contributed by atoms with van der Waals surface area (Å²) in [5, 5.41) is 3.60. The Morgan fingerprint density at radius 1 is 1.14 bits per heavy atom. The lowest BCUT2D eigenvalue weighted by Crippen LogP contribution is -2.56. The van der Waals surface area contributed by atoms with Crippen LogP contribution in [0, 0.1) is 5.82 Å². The van der Waals surface area contributed by atoms with E-state index in [4.69, 9.17) is 0 Å². The zero-order valence-corrected chi connectivity index (χ0v) is 12.3. The molecule has 2 aromatic rings. The molecule has 0 spiro atoms. The van der Waals surface area contributed by atoms with Crippen LogP contribution in [0.4, 0.5) is 10.1 Å². The first-order valence-corrected chi connectivity index (χ1v) is 7.52. The standard InChI is InChI=1S/C18H21FN2/c1-14-12-20-17(10-15-6-3-2-4-7-15)13-21(14)18-9-5-8-16(19)11-18/h2-9,11,14,17,20H,10,12-13H2,1H3. The summed E-state index contributed by atoms with van der Waals surface area (Å²) in [5.74, 6) is -0.169. The van der Waals surface area contributed by atoms with E-state index in [0.29, 0.717) is 12.1 Å². The van der Waals surface area contributed by atoms with E-state index in [0.717, 1.165) is 25.2 Å². The lowest BCUT2D eigenvalue weighted by Gasteiger charge is -2.40. The summed E-state index contributed by atoms with van der Waals surface area (Å²) >= 11 is 0. The molecule has 0 saturated carbocycles. The number of nitrogens with one attached hydrogen (secondary N) is 1. The normalized spacial score (nSPS) is 22.3. The molecule has 2 nitrogen and oxygen atoms in total. The van der Waals surface area contributed by atoms with Crippen LogP contribution < -0.4 is 10.2 Å². The molecule has 1 saturated heterocycles. The van der Waals surface area contributed by atoms with Crippen molar-refractivity contribution in [3.8, 4) is 0 Å². The molecule has 0 amide bonds. The molecular formula is C18H21FN2. The zero-order chi connectivity index (χ0) is 14.7. The molecule has 0 radical (unpaired) electrons. The molecular weight excluding hydrogens is 263 g/mol. The molecule has 0 bridgehead atoms. The highest BCUT2D eigenvalue weighted by Crippen LogP contribution is 2.21. The van der Waals surface area contributed by atoms with Gasteiger partial charge in [-0.1, -0.05) is 36.4 Å². The Morgan fingerprint density at radius 2 is 1.95 bits per heavy atom. The van der Waals surface area contributed by atoms with Gasteiger partial charge in [0.15, 0.2) is 0 Å². The molecule has 1 aliphatic heterocycles. The third kappa shape index (κ3) is 3.42. The molecule has 0 aromatic heterocycles. The van der Waals surface area contributed by atoms with Crippen LogP contribution in [0.15, 0.2) is 54.6 Å². The Balaban J connectivity index is 1.73. The van der Waals surface area contributed by atoms with Crippen LogP contribution in [0.2, 0.25) is 0 Å². The molecule has 2 aromatic carbocycles. The number of hydrogen-bond donors (Lipinski definition) is 1. The molecule has 1 aliphatic rings. The van der Waals surface area contributed by atoms with Gasteiger partial charge in [-0.3, -0.25) is 0 Å². The fourth-order valence-corrected chi connectivity index (χ4v) is 2.98. The van der Waals surface area contributed by atoms with Gasteiger partial charge in [-0.05, 0) is 37.1 Å². The van der Waals surface area contributed by atoms with Crippen LogP contribution in [0.1, 0.15) is 12.5 Å². The van der Waals surface area contributed by atoms with Gasteiger partial charge in [0, 0.05) is 30.9 Å². The fourth-order valence-electron chi connectivity index (χ4n) is 2.98. The summed E-state index contributed by atoms with van der Waals surface area (Å²) in [6, 6.07) is 18.2. The maximum atomic E-state index is 13.5. The zero-order valence-electron chi connectivity index (χ0n) is 12.3. The van der Waals surface area contributed by atoms with Crippen LogP contribution in [0.25, 0.3) is 0 Å². The van der Waals surface area contributed by atoms with Gasteiger partial charge >= 0.3 is 0 Å². The Kier molecular flexibility index (Phi) is 4.20. The SMILES string of the molecule is CC1CNC(Cc2ccccc2)CN1c1cccc(F)c1. The predicted molar refractivity (Wildman–Crippen MR) is 85.1 cm³/mol. The molecule has 2 unspecified atom stereocenters. The second kappa shape index (κ2) is 6.27. The Hall–Kier alpha value is -1.87. The third-order valence-corrected chi connectivity index (χ3v) is 4.12. The first kappa shape index (κ1) is 14.1. The molecule has 110 valence electrons. The highest BCUT2D eigenvalue weighted by atomic mass is 19.1. The molecule has 3 rings (SSSR count). The lowest BCUT2D eigenvalue weighted by molar-refractivity contribution is 0.403. The molecule has 2 atom stereocenters. The van der Waals surface area contributed by atoms with E-state index in [1.165, 1.54) is 11.6 Å². The largest absolute Gasteiger partial charge is 0.366 e. The first-order chi connectivity index (χ1) is 10.2. The minimum atomic E-state index is -0.169. The first-order valence-electron chi connectivity index (χ1n) is 7.52. The minimum absolute atomic E-state index is 0.169. The van der Waals surface area contributed by atoms with E-state index < -0.39 is 0 Å². The summed E-state index contributed by atoms with van der Waals surface area (Å²) in [6.45, 7) is 4.00. The molecule has 3 heteroatoms. The van der Waals surface area contributed by atoms with E-state index >= 15 is 0 Å². The predicted octanol–water partition coefficient (Wildman–Crippen LogP) is 3.24. The number of piperazine rings is 1. The number of rotatable bonds is 3. The van der Waals surface area contributed by atoms with E-state index in [-0.39, 0.29) is 5.82 Å². The van der Waals surface area contributed by atoms with Crippen molar-refractivity contribution in [2.75, 3.05) is 18.0 Å². The van der Waals surface area contributed by atoms with Crippen molar-refractivity contribution >= 4 is 5.69 Å². The number of nitrogens with zero attached hydrogens (tertiary/aromatic N) is 1. The molecule has 0 aliphatic carbocycles. The monoisotopic (exact) mass is 284 g/mol. The van der Waals surface area contributed by atoms with Crippen molar-refractivity contribution in [1.82, 2.24) is 5.32 Å². The van der Waals surface area contributed by atoms with Crippen molar-refractivity contribution in [3.05, 3.63) is 66.0 Å². The Bertz CT molecular complexity index is 585. The molecule has 21 heavy (non-hydrogen) atoms. The maximum Gasteiger partial charge on any atom is 0.125 e. The fraction of sp³-hybridized carbons (Fsp3) is 0.333. The van der Waals surface area contributed by atoms with Crippen LogP contribution >= 0.6 is 0 Å². The van der Waals surface area contributed by atoms with Gasteiger partial charge in [0.05, 0.1) is 0 Å². The summed E-state index contributed by atoms with van der Waals surface area (Å²) in [6.07, 6.45) is 0.999. The Labute approximate surface area is 125 Å². The third-order valence-electron chi connectivity index (χ3n) is 4.12. The summed E-state index contributed by atoms with van der Waals surface area (Å²) < 4.78 is 13.5. The van der Waals surface area contributed by atoms with Crippen molar-refractivity contribution < 1.29 is 4.39 Å². The second-order valence-electron chi connectivity index (χ2n) is 5.78. The van der Waals surface area contributed by atoms with E-state index in [1.807, 2.05) is 12.1 Å². The summed E-state index contributed by atoms with van der Waals surface area (Å²) in [4.78, 5) is 2.30. The van der Waals surface area contributed by atoms with Gasteiger partial charge in [-0.2, -0.15) is 0 Å². The summed E-state index contributed by atoms with van der Waals surface area (Å²) in [5.41, 5.74) is 2.31. The van der Waals surface area contributed by atoms with E-state index in [2.05, 4.69) is 41.4 Å². The second-order valence-corrected chi connectivity index (χ2v) is 5.78. The van der Waals surface area contributed by atoms with Crippen molar-refractivity contribution in [2.24, 2.45) is 0 Å². The van der Waals surface area contributed by atoms with Crippen molar-refractivity contribution in [2.45, 2.75) is 25.4 Å². The molecule has 1 fully saturated rings. The molecule has 1 heterocycles. The van der Waals surface area contributed by atoms with E-state index in [9.17, 15) is 4.39 Å². The highest BCUT2D eigenvalue weighted by Gasteiger charge is 2.25. The van der Waals surface area contributed by atoms with E-state index in [1.54, 1.807) is 12.1 Å². The van der Waals surface area contributed by atoms with Crippen LogP contribution in [0.5, 0.6) is 0 Å². The highest BCUT2D eigenvalue weighted by molar-refractivity contribution is 5.48. The average Bonchev–Trinajstić information content (AvgIpc) is 2.50. The number of benzene rings is 2. The molecule has 1 N–H and O–H groups in total. The van der Waals surface area contributed by atoms with Crippen LogP contribution in [-0.2, 0) is 6.42 Å². The van der Waals surface area contributed by atoms with Crippen LogP contribution in [-0.4, -0.2) is 25.2 Å². The topological polar surface area (TPSA) is 15.3 Å². The lowest BCUT2D eigenvalue weighted by atomic mass is 10.0. The quantitative estimate of drug-likeness (QED) is 0.931. The average molecular weight is 284 g/mol. The smallest absolute Gasteiger partial charge is 0.125 e. The maximum absolute atomic E-state index is 13.5.